The number of carbonyl (C=O) groups is 2. The van der Waals surface area contributed by atoms with Crippen molar-refractivity contribution in [3.63, 3.8) is 0 Å². The van der Waals surface area contributed by atoms with Crippen molar-refractivity contribution in [1.82, 2.24) is 0 Å². The van der Waals surface area contributed by atoms with E-state index in [-0.39, 0.29) is 17.8 Å². The maximum atomic E-state index is 12.6. The number of anilines is 1. The minimum atomic E-state index is -0.783. The molecule has 0 spiro atoms. The largest absolute Gasteiger partial charge is 0.469 e. The summed E-state index contributed by atoms with van der Waals surface area (Å²) in [6, 6.07) is 14.9. The molecular weight excluding hydrogens is 344 g/mol. The molecule has 0 bridgehead atoms. The van der Waals surface area contributed by atoms with E-state index in [1.165, 1.54) is 37.1 Å². The van der Waals surface area contributed by atoms with Gasteiger partial charge in [0.2, 0.25) is 5.91 Å². The molecule has 0 aliphatic heterocycles. The fourth-order valence-electron chi connectivity index (χ4n) is 2.04. The van der Waals surface area contributed by atoms with E-state index in [4.69, 9.17) is 0 Å². The summed E-state index contributed by atoms with van der Waals surface area (Å²) < 4.78 is 4.64. The minimum absolute atomic E-state index is 0.0843. The van der Waals surface area contributed by atoms with Crippen LogP contribution in [0.3, 0.4) is 0 Å². The molecule has 0 heterocycles. The molecule has 1 amide bonds. The molecule has 0 fully saturated rings. The van der Waals surface area contributed by atoms with Gasteiger partial charge in [-0.25, -0.2) is 0 Å². The average Bonchev–Trinajstić information content (AvgIpc) is 2.62. The van der Waals surface area contributed by atoms with E-state index in [0.717, 1.165) is 4.90 Å². The lowest BCUT2D eigenvalue weighted by Crippen LogP contribution is -2.28. The fraction of sp³-hybridized carbons (Fsp3) is 0.176. The Bertz CT molecular complexity index is 767. The maximum absolute atomic E-state index is 12.6. The first-order valence-electron chi connectivity index (χ1n) is 7.34. The van der Waals surface area contributed by atoms with Crippen LogP contribution < -0.4 is 5.32 Å². The zero-order valence-corrected chi connectivity index (χ0v) is 14.2. The molecule has 25 heavy (non-hydrogen) atoms. The Morgan fingerprint density at radius 1 is 1.16 bits per heavy atom. The molecule has 0 radical (unpaired) electrons. The van der Waals surface area contributed by atoms with Gasteiger partial charge in [-0.15, -0.1) is 11.8 Å². The van der Waals surface area contributed by atoms with Gasteiger partial charge in [-0.1, -0.05) is 30.3 Å². The van der Waals surface area contributed by atoms with Crippen LogP contribution >= 0.6 is 11.8 Å². The topological polar surface area (TPSA) is 98.5 Å². The van der Waals surface area contributed by atoms with Gasteiger partial charge >= 0.3 is 5.97 Å². The highest BCUT2D eigenvalue weighted by Crippen LogP contribution is 2.29. The number of ether oxygens (including phenoxy) is 1. The number of nitrogens with zero attached hydrogens (tertiary/aromatic N) is 1. The molecule has 0 saturated carbocycles. The number of nitro benzene ring substituents is 1. The van der Waals surface area contributed by atoms with Crippen LogP contribution in [0, 0.1) is 10.1 Å². The van der Waals surface area contributed by atoms with Gasteiger partial charge < -0.3 is 10.1 Å². The SMILES string of the molecule is COC(=O)CC(Sc1ccccc1)C(=O)Nc1ccccc1[N+](=O)[O-]. The Morgan fingerprint density at radius 2 is 1.80 bits per heavy atom. The molecule has 2 rings (SSSR count). The lowest BCUT2D eigenvalue weighted by molar-refractivity contribution is -0.383. The number of thioether (sulfide) groups is 1. The number of esters is 1. The Labute approximate surface area is 148 Å². The van der Waals surface area contributed by atoms with Crippen molar-refractivity contribution in [3.8, 4) is 0 Å². The van der Waals surface area contributed by atoms with E-state index < -0.39 is 22.0 Å². The molecule has 0 aliphatic rings. The molecule has 2 aromatic rings. The quantitative estimate of drug-likeness (QED) is 0.352. The van der Waals surface area contributed by atoms with Gasteiger partial charge in [-0.2, -0.15) is 0 Å². The van der Waals surface area contributed by atoms with Crippen LogP contribution in [0.4, 0.5) is 11.4 Å². The molecule has 1 N–H and O–H groups in total. The predicted octanol–water partition coefficient (Wildman–Crippen LogP) is 3.26. The van der Waals surface area contributed by atoms with E-state index in [1.54, 1.807) is 6.07 Å². The lowest BCUT2D eigenvalue weighted by Gasteiger charge is -2.15. The number of para-hydroxylation sites is 2. The number of carbonyl (C=O) groups excluding carboxylic acids is 2. The third-order valence-corrected chi connectivity index (χ3v) is 4.46. The van der Waals surface area contributed by atoms with Crippen LogP contribution in [0.1, 0.15) is 6.42 Å². The molecule has 0 aliphatic carbocycles. The highest BCUT2D eigenvalue weighted by atomic mass is 32.2. The van der Waals surface area contributed by atoms with Crippen LogP contribution in [0.25, 0.3) is 0 Å². The Morgan fingerprint density at radius 3 is 2.44 bits per heavy atom. The molecule has 1 atom stereocenters. The summed E-state index contributed by atoms with van der Waals surface area (Å²) in [6.07, 6.45) is -0.150. The summed E-state index contributed by atoms with van der Waals surface area (Å²) in [5.41, 5.74) is -0.126. The van der Waals surface area contributed by atoms with Gasteiger partial charge in [0.25, 0.3) is 5.69 Å². The second-order valence-electron chi connectivity index (χ2n) is 4.96. The van der Waals surface area contributed by atoms with E-state index in [1.807, 2.05) is 30.3 Å². The van der Waals surface area contributed by atoms with Crippen molar-refractivity contribution < 1.29 is 19.2 Å². The zero-order chi connectivity index (χ0) is 18.2. The number of benzene rings is 2. The summed E-state index contributed by atoms with van der Waals surface area (Å²) >= 11 is 1.19. The maximum Gasteiger partial charge on any atom is 0.307 e. The summed E-state index contributed by atoms with van der Waals surface area (Å²) in [5.74, 6) is -1.04. The first kappa shape index (κ1) is 18.5. The lowest BCUT2D eigenvalue weighted by atomic mass is 10.2. The average molecular weight is 360 g/mol. The standard InChI is InChI=1S/C17H16N2O5S/c1-24-16(20)11-15(25-12-7-3-2-4-8-12)17(21)18-13-9-5-6-10-14(13)19(22)23/h2-10,15H,11H2,1H3,(H,18,21). The van der Waals surface area contributed by atoms with Crippen molar-refractivity contribution in [2.24, 2.45) is 0 Å². The second-order valence-corrected chi connectivity index (χ2v) is 6.24. The van der Waals surface area contributed by atoms with Gasteiger partial charge in [-0.3, -0.25) is 19.7 Å². The normalized spacial score (nSPS) is 11.4. The molecule has 7 nitrogen and oxygen atoms in total. The molecule has 0 aromatic heterocycles. The summed E-state index contributed by atoms with van der Waals surface area (Å²) in [6.45, 7) is 0. The van der Waals surface area contributed by atoms with Crippen LogP contribution in [-0.2, 0) is 14.3 Å². The Balaban J connectivity index is 2.20. The number of nitro groups is 1. The van der Waals surface area contributed by atoms with Crippen LogP contribution in [0.15, 0.2) is 59.5 Å². The fourth-order valence-corrected chi connectivity index (χ4v) is 3.07. The van der Waals surface area contributed by atoms with Crippen molar-refractivity contribution >= 4 is 35.0 Å². The van der Waals surface area contributed by atoms with Gasteiger partial charge in [0.05, 0.1) is 23.7 Å². The zero-order valence-electron chi connectivity index (χ0n) is 13.4. The monoisotopic (exact) mass is 360 g/mol. The third kappa shape index (κ3) is 5.32. The van der Waals surface area contributed by atoms with E-state index in [0.29, 0.717) is 0 Å². The highest BCUT2D eigenvalue weighted by molar-refractivity contribution is 8.00. The van der Waals surface area contributed by atoms with Crippen molar-refractivity contribution in [2.45, 2.75) is 16.6 Å². The van der Waals surface area contributed by atoms with E-state index in [9.17, 15) is 19.7 Å². The Kier molecular flexibility index (Phi) is 6.53. The van der Waals surface area contributed by atoms with Crippen LogP contribution in [0.2, 0.25) is 0 Å². The molecular formula is C17H16N2O5S. The van der Waals surface area contributed by atoms with Gasteiger partial charge in [-0.05, 0) is 18.2 Å². The number of nitrogens with one attached hydrogen (secondary N) is 1. The summed E-state index contributed by atoms with van der Waals surface area (Å²) in [4.78, 5) is 35.5. The first-order chi connectivity index (χ1) is 12.0. The number of amides is 1. The number of hydrogen-bond acceptors (Lipinski definition) is 6. The van der Waals surface area contributed by atoms with Gasteiger partial charge in [0, 0.05) is 11.0 Å². The summed E-state index contributed by atoms with van der Waals surface area (Å²) in [5, 5.41) is 12.8. The minimum Gasteiger partial charge on any atom is -0.469 e. The van der Waals surface area contributed by atoms with Crippen molar-refractivity contribution in [3.05, 3.63) is 64.7 Å². The molecule has 1 unspecified atom stereocenters. The van der Waals surface area contributed by atoms with Crippen molar-refractivity contribution in [1.29, 1.82) is 0 Å². The number of hydrogen-bond donors (Lipinski definition) is 1. The second kappa shape index (κ2) is 8.84. The molecule has 8 heteroatoms. The molecule has 0 saturated heterocycles. The van der Waals surface area contributed by atoms with E-state index >= 15 is 0 Å². The van der Waals surface area contributed by atoms with Crippen molar-refractivity contribution in [2.75, 3.05) is 12.4 Å². The van der Waals surface area contributed by atoms with Gasteiger partial charge in [0.15, 0.2) is 0 Å². The first-order valence-corrected chi connectivity index (χ1v) is 8.22. The molecule has 2 aromatic carbocycles. The molecule has 130 valence electrons. The summed E-state index contributed by atoms with van der Waals surface area (Å²) in [7, 11) is 1.24. The number of rotatable bonds is 7. The smallest absolute Gasteiger partial charge is 0.307 e. The predicted molar refractivity (Wildman–Crippen MR) is 94.4 cm³/mol. The van der Waals surface area contributed by atoms with Crippen LogP contribution in [0.5, 0.6) is 0 Å². The van der Waals surface area contributed by atoms with Crippen LogP contribution in [-0.4, -0.2) is 29.2 Å². The van der Waals surface area contributed by atoms with Gasteiger partial charge in [0.1, 0.15) is 5.69 Å². The van der Waals surface area contributed by atoms with E-state index in [2.05, 4.69) is 10.1 Å². The highest BCUT2D eigenvalue weighted by Gasteiger charge is 2.26. The Hall–Kier alpha value is -2.87. The number of methoxy groups -OCH3 is 1. The third-order valence-electron chi connectivity index (χ3n) is 3.25.